The zero-order valence-electron chi connectivity index (χ0n) is 17.8. The van der Waals surface area contributed by atoms with Crippen LogP contribution in [0, 0.1) is 0 Å². The Labute approximate surface area is 188 Å². The van der Waals surface area contributed by atoms with Crippen LogP contribution in [0.1, 0.15) is 36.4 Å². The molecule has 0 saturated carbocycles. The van der Waals surface area contributed by atoms with E-state index in [4.69, 9.17) is 16.3 Å². The first-order valence-electron chi connectivity index (χ1n) is 10.8. The molecule has 0 aromatic heterocycles. The molecule has 31 heavy (non-hydrogen) atoms. The molecular weight excluding hydrogens is 414 g/mol. The smallest absolute Gasteiger partial charge is 0.244 e. The van der Waals surface area contributed by atoms with Crippen LogP contribution in [0.25, 0.3) is 0 Å². The number of methoxy groups -OCH3 is 1. The van der Waals surface area contributed by atoms with E-state index < -0.39 is 6.04 Å². The number of carbonyl (C=O) groups excluding carboxylic acids is 2. The second-order valence-corrected chi connectivity index (χ2v) is 8.54. The molecule has 2 aliphatic rings. The van der Waals surface area contributed by atoms with E-state index in [0.717, 1.165) is 37.9 Å². The number of rotatable bonds is 5. The molecule has 1 atom stereocenters. The number of nitrogens with one attached hydrogen (secondary N) is 1. The number of hydrogen-bond donors (Lipinski definition) is 1. The molecule has 164 valence electrons. The van der Waals surface area contributed by atoms with Crippen molar-refractivity contribution in [3.05, 3.63) is 58.6 Å². The van der Waals surface area contributed by atoms with Gasteiger partial charge in [-0.15, -0.1) is 0 Å². The zero-order chi connectivity index (χ0) is 21.8. The standard InChI is InChI=1S/C24H28ClN3O3/c1-31-21-10-9-18(25)15-20(21)26-22(29)16-28-14-11-17-7-3-4-8-19(17)23(28)24(30)27-12-5-2-6-13-27/h3-4,7-10,15,23H,2,5-6,11-14,16H2,1H3,(H,26,29)/t23-/m0/s1. The maximum absolute atomic E-state index is 13.5. The van der Waals surface area contributed by atoms with Crippen molar-refractivity contribution in [2.24, 2.45) is 0 Å². The van der Waals surface area contributed by atoms with Gasteiger partial charge in [0.2, 0.25) is 11.8 Å². The monoisotopic (exact) mass is 441 g/mol. The van der Waals surface area contributed by atoms with Crippen molar-refractivity contribution >= 4 is 29.1 Å². The first-order chi connectivity index (χ1) is 15.1. The summed E-state index contributed by atoms with van der Waals surface area (Å²) >= 11 is 6.09. The molecule has 0 spiro atoms. The predicted octanol–water partition coefficient (Wildman–Crippen LogP) is 3.90. The molecule has 1 N–H and O–H groups in total. The van der Waals surface area contributed by atoms with E-state index in [1.807, 2.05) is 28.0 Å². The van der Waals surface area contributed by atoms with Gasteiger partial charge in [-0.3, -0.25) is 14.5 Å². The highest BCUT2D eigenvalue weighted by Gasteiger charge is 2.36. The summed E-state index contributed by atoms with van der Waals surface area (Å²) in [5.41, 5.74) is 2.72. The van der Waals surface area contributed by atoms with E-state index in [-0.39, 0.29) is 18.4 Å². The summed E-state index contributed by atoms with van der Waals surface area (Å²) in [5, 5.41) is 3.41. The lowest BCUT2D eigenvalue weighted by molar-refractivity contribution is -0.139. The molecule has 4 rings (SSSR count). The molecular formula is C24H28ClN3O3. The lowest BCUT2D eigenvalue weighted by atomic mass is 9.91. The third kappa shape index (κ3) is 4.86. The summed E-state index contributed by atoms with van der Waals surface area (Å²) in [6.45, 7) is 2.35. The van der Waals surface area contributed by atoms with E-state index in [1.165, 1.54) is 12.0 Å². The molecule has 0 bridgehead atoms. The minimum Gasteiger partial charge on any atom is -0.495 e. The van der Waals surface area contributed by atoms with Crippen LogP contribution >= 0.6 is 11.6 Å². The molecule has 0 radical (unpaired) electrons. The number of likely N-dealkylation sites (tertiary alicyclic amines) is 1. The second-order valence-electron chi connectivity index (χ2n) is 8.10. The fraction of sp³-hybridized carbons (Fsp3) is 0.417. The lowest BCUT2D eigenvalue weighted by Gasteiger charge is -2.39. The Hall–Kier alpha value is -2.57. The van der Waals surface area contributed by atoms with Crippen molar-refractivity contribution in [1.82, 2.24) is 9.80 Å². The van der Waals surface area contributed by atoms with Crippen LogP contribution in [0.2, 0.25) is 5.02 Å². The van der Waals surface area contributed by atoms with Crippen molar-refractivity contribution in [3.63, 3.8) is 0 Å². The Morgan fingerprint density at radius 1 is 1.10 bits per heavy atom. The van der Waals surface area contributed by atoms with Crippen molar-refractivity contribution < 1.29 is 14.3 Å². The average Bonchev–Trinajstić information content (AvgIpc) is 2.79. The number of halogens is 1. The van der Waals surface area contributed by atoms with Crippen LogP contribution in [0.3, 0.4) is 0 Å². The molecule has 2 aromatic rings. The summed E-state index contributed by atoms with van der Waals surface area (Å²) < 4.78 is 5.33. The van der Waals surface area contributed by atoms with Gasteiger partial charge in [0.1, 0.15) is 11.8 Å². The minimum absolute atomic E-state index is 0.0972. The van der Waals surface area contributed by atoms with Gasteiger partial charge in [-0.2, -0.15) is 0 Å². The molecule has 7 heteroatoms. The topological polar surface area (TPSA) is 61.9 Å². The Morgan fingerprint density at radius 3 is 2.65 bits per heavy atom. The number of hydrogen-bond acceptors (Lipinski definition) is 4. The number of nitrogens with zero attached hydrogens (tertiary/aromatic N) is 2. The number of fused-ring (bicyclic) bond motifs is 1. The van der Waals surface area contributed by atoms with Crippen LogP contribution in [0.15, 0.2) is 42.5 Å². The van der Waals surface area contributed by atoms with Crippen LogP contribution in [0.4, 0.5) is 5.69 Å². The lowest BCUT2D eigenvalue weighted by Crippen LogP contribution is -2.49. The van der Waals surface area contributed by atoms with Gasteiger partial charge >= 0.3 is 0 Å². The first-order valence-corrected chi connectivity index (χ1v) is 11.2. The molecule has 6 nitrogen and oxygen atoms in total. The molecule has 0 aliphatic carbocycles. The third-order valence-corrected chi connectivity index (χ3v) is 6.30. The molecule has 2 aromatic carbocycles. The molecule has 1 saturated heterocycles. The number of amides is 2. The molecule has 0 unspecified atom stereocenters. The number of carbonyl (C=O) groups is 2. The Balaban J connectivity index is 1.55. The van der Waals surface area contributed by atoms with Gasteiger partial charge in [-0.1, -0.05) is 35.9 Å². The van der Waals surface area contributed by atoms with Gasteiger partial charge in [0, 0.05) is 24.7 Å². The molecule has 2 aliphatic heterocycles. The predicted molar refractivity (Wildman–Crippen MR) is 122 cm³/mol. The van der Waals surface area contributed by atoms with E-state index in [2.05, 4.69) is 11.4 Å². The number of piperidine rings is 1. The third-order valence-electron chi connectivity index (χ3n) is 6.07. The highest BCUT2D eigenvalue weighted by atomic mass is 35.5. The summed E-state index contributed by atoms with van der Waals surface area (Å²) in [6, 6.07) is 12.7. The Bertz CT molecular complexity index is 959. The van der Waals surface area contributed by atoms with Gasteiger partial charge in [0.15, 0.2) is 0 Å². The summed E-state index contributed by atoms with van der Waals surface area (Å²) in [5.74, 6) is 0.444. The van der Waals surface area contributed by atoms with Gasteiger partial charge in [-0.25, -0.2) is 0 Å². The van der Waals surface area contributed by atoms with E-state index in [9.17, 15) is 9.59 Å². The molecule has 2 amide bonds. The average molecular weight is 442 g/mol. The largest absolute Gasteiger partial charge is 0.495 e. The number of anilines is 1. The van der Waals surface area contributed by atoms with Gasteiger partial charge in [0.05, 0.1) is 19.3 Å². The van der Waals surface area contributed by atoms with Gasteiger partial charge in [-0.05, 0) is 55.0 Å². The van der Waals surface area contributed by atoms with Crippen molar-refractivity contribution in [1.29, 1.82) is 0 Å². The quantitative estimate of drug-likeness (QED) is 0.764. The van der Waals surface area contributed by atoms with Crippen molar-refractivity contribution in [2.45, 2.75) is 31.7 Å². The van der Waals surface area contributed by atoms with Crippen LogP contribution in [0.5, 0.6) is 5.75 Å². The SMILES string of the molecule is COc1ccc(Cl)cc1NC(=O)CN1CCc2ccccc2[C@H]1C(=O)N1CCCCC1. The molecule has 1 fully saturated rings. The Kier molecular flexibility index (Phi) is 6.78. The summed E-state index contributed by atoms with van der Waals surface area (Å²) in [4.78, 5) is 30.4. The van der Waals surface area contributed by atoms with Crippen LogP contribution in [-0.4, -0.2) is 54.9 Å². The fourth-order valence-electron chi connectivity index (χ4n) is 4.52. The maximum atomic E-state index is 13.5. The fourth-order valence-corrected chi connectivity index (χ4v) is 4.69. The zero-order valence-corrected chi connectivity index (χ0v) is 18.5. The van der Waals surface area contributed by atoms with Crippen LogP contribution < -0.4 is 10.1 Å². The van der Waals surface area contributed by atoms with Crippen LogP contribution in [-0.2, 0) is 16.0 Å². The highest BCUT2D eigenvalue weighted by molar-refractivity contribution is 6.31. The minimum atomic E-state index is -0.435. The van der Waals surface area contributed by atoms with Gasteiger partial charge < -0.3 is 15.0 Å². The number of benzene rings is 2. The van der Waals surface area contributed by atoms with Crippen molar-refractivity contribution in [2.75, 3.05) is 38.6 Å². The molecule has 2 heterocycles. The van der Waals surface area contributed by atoms with Gasteiger partial charge in [0.25, 0.3) is 0 Å². The van der Waals surface area contributed by atoms with Crippen molar-refractivity contribution in [3.8, 4) is 5.75 Å². The summed E-state index contributed by atoms with van der Waals surface area (Å²) in [7, 11) is 1.55. The summed E-state index contributed by atoms with van der Waals surface area (Å²) in [6.07, 6.45) is 4.05. The van der Waals surface area contributed by atoms with E-state index in [0.29, 0.717) is 23.0 Å². The normalized spacial score (nSPS) is 18.9. The highest BCUT2D eigenvalue weighted by Crippen LogP contribution is 2.33. The van der Waals surface area contributed by atoms with E-state index >= 15 is 0 Å². The second kappa shape index (κ2) is 9.71. The first kappa shape index (κ1) is 21.7. The van der Waals surface area contributed by atoms with E-state index in [1.54, 1.807) is 25.3 Å². The number of ether oxygens (including phenoxy) is 1. The maximum Gasteiger partial charge on any atom is 0.244 e. The Morgan fingerprint density at radius 2 is 1.87 bits per heavy atom.